The number of carbonyl (C=O) groups is 1. The third-order valence-electron chi connectivity index (χ3n) is 8.54. The summed E-state index contributed by atoms with van der Waals surface area (Å²) in [6.07, 6.45) is 13.7. The molecule has 0 spiro atoms. The third kappa shape index (κ3) is 12.2. The van der Waals surface area contributed by atoms with Crippen LogP contribution in [0.15, 0.2) is 48.1 Å². The molecular weight excluding hydrogens is 516 g/mol. The normalized spacial score (nSPS) is 24.4. The highest BCUT2D eigenvalue weighted by atomic mass is 28.4. The molecular formula is C34H60O5Si. The lowest BCUT2D eigenvalue weighted by atomic mass is 9.88. The topological polar surface area (TPSA) is 54.0 Å². The van der Waals surface area contributed by atoms with Crippen LogP contribution in [0, 0.1) is 17.8 Å². The van der Waals surface area contributed by atoms with Crippen molar-refractivity contribution in [3.8, 4) is 0 Å². The molecule has 1 fully saturated rings. The van der Waals surface area contributed by atoms with Crippen molar-refractivity contribution in [3.05, 3.63) is 48.1 Å². The maximum atomic E-state index is 12.0. The second-order valence-electron chi connectivity index (χ2n) is 13.5. The molecule has 40 heavy (non-hydrogen) atoms. The molecule has 1 aliphatic heterocycles. The Bertz CT molecular complexity index is 881. The van der Waals surface area contributed by atoms with Gasteiger partial charge in [0.2, 0.25) is 0 Å². The Balaban J connectivity index is 2.73. The summed E-state index contributed by atoms with van der Waals surface area (Å²) in [4.78, 5) is 12.0. The average molecular weight is 577 g/mol. The van der Waals surface area contributed by atoms with Crippen LogP contribution in [0.25, 0.3) is 0 Å². The fourth-order valence-electron chi connectivity index (χ4n) is 5.33. The van der Waals surface area contributed by atoms with Crippen molar-refractivity contribution in [2.24, 2.45) is 17.8 Å². The summed E-state index contributed by atoms with van der Waals surface area (Å²) in [5.74, 6) is 0.869. The molecule has 7 atom stereocenters. The van der Waals surface area contributed by atoms with Crippen molar-refractivity contribution in [2.45, 2.75) is 131 Å². The largest absolute Gasteiger partial charge is 0.461 e. The molecule has 1 saturated heterocycles. The molecule has 0 unspecified atom stereocenters. The number of hydrogen-bond acceptors (Lipinski definition) is 5. The average Bonchev–Trinajstić information content (AvgIpc) is 2.83. The molecule has 0 radical (unpaired) electrons. The standard InChI is InChI=1S/C34H60O5Si/c1-14-20-37-31(35)23-30-19-18-27(5)32(38-30)26(4)17-15-16-24(2)21-25(3)22-28(6)33(36-11)29(7)39-40(12,13)34(8,9)10/h14-17,22,24,27-30,32-33H,1,18-21,23H2,2-13H3/b16-15+,25-22+,26-17+/t24-,27-,28-,29-,30+,32+,33-/m0/s1. The summed E-state index contributed by atoms with van der Waals surface area (Å²) in [5.41, 5.74) is 2.56. The van der Waals surface area contributed by atoms with Gasteiger partial charge in [0.15, 0.2) is 8.32 Å². The molecule has 0 aromatic rings. The van der Waals surface area contributed by atoms with Gasteiger partial charge in [0.25, 0.3) is 0 Å². The van der Waals surface area contributed by atoms with E-state index in [1.807, 2.05) is 0 Å². The van der Waals surface area contributed by atoms with Crippen molar-refractivity contribution >= 4 is 14.3 Å². The zero-order valence-electron chi connectivity index (χ0n) is 27.7. The van der Waals surface area contributed by atoms with E-state index in [2.05, 4.69) is 106 Å². The van der Waals surface area contributed by atoms with Crippen LogP contribution in [0.4, 0.5) is 0 Å². The lowest BCUT2D eigenvalue weighted by molar-refractivity contribution is -0.149. The van der Waals surface area contributed by atoms with Gasteiger partial charge in [-0.05, 0) is 75.6 Å². The molecule has 0 aliphatic carbocycles. The highest BCUT2D eigenvalue weighted by Crippen LogP contribution is 2.38. The summed E-state index contributed by atoms with van der Waals surface area (Å²) in [6.45, 7) is 28.5. The van der Waals surface area contributed by atoms with Gasteiger partial charge < -0.3 is 18.6 Å². The van der Waals surface area contributed by atoms with Crippen molar-refractivity contribution in [3.63, 3.8) is 0 Å². The number of hydrogen-bond donors (Lipinski definition) is 0. The molecule has 1 aliphatic rings. The van der Waals surface area contributed by atoms with Crippen LogP contribution >= 0.6 is 0 Å². The van der Waals surface area contributed by atoms with Crippen molar-refractivity contribution < 1.29 is 23.4 Å². The van der Waals surface area contributed by atoms with Crippen molar-refractivity contribution in [1.29, 1.82) is 0 Å². The Morgan fingerprint density at radius 2 is 1.80 bits per heavy atom. The Labute approximate surface area is 247 Å². The first-order valence-electron chi connectivity index (χ1n) is 15.2. The number of allylic oxidation sites excluding steroid dienone is 4. The van der Waals surface area contributed by atoms with Crippen molar-refractivity contribution in [1.82, 2.24) is 0 Å². The predicted octanol–water partition coefficient (Wildman–Crippen LogP) is 8.83. The highest BCUT2D eigenvalue weighted by Gasteiger charge is 2.40. The second-order valence-corrected chi connectivity index (χ2v) is 18.3. The van der Waals surface area contributed by atoms with Gasteiger partial charge in [-0.25, -0.2) is 0 Å². The van der Waals surface area contributed by atoms with Gasteiger partial charge in [0.1, 0.15) is 6.61 Å². The fourth-order valence-corrected chi connectivity index (χ4v) is 6.75. The Morgan fingerprint density at radius 1 is 1.15 bits per heavy atom. The molecule has 0 saturated carbocycles. The van der Waals surface area contributed by atoms with Crippen molar-refractivity contribution in [2.75, 3.05) is 13.7 Å². The van der Waals surface area contributed by atoms with Crippen LogP contribution in [0.3, 0.4) is 0 Å². The molecule has 0 bridgehead atoms. The van der Waals surface area contributed by atoms with E-state index in [0.29, 0.717) is 18.3 Å². The zero-order chi connectivity index (χ0) is 30.7. The summed E-state index contributed by atoms with van der Waals surface area (Å²) < 4.78 is 24.0. The quantitative estimate of drug-likeness (QED) is 0.0844. The number of methoxy groups -OCH3 is 1. The molecule has 0 N–H and O–H groups in total. The number of carbonyl (C=O) groups excluding carboxylic acids is 1. The highest BCUT2D eigenvalue weighted by molar-refractivity contribution is 6.74. The van der Waals surface area contributed by atoms with E-state index < -0.39 is 8.32 Å². The number of esters is 1. The lowest BCUT2D eigenvalue weighted by Crippen LogP contribution is -2.47. The van der Waals surface area contributed by atoms with Crippen LogP contribution in [0.5, 0.6) is 0 Å². The van der Waals surface area contributed by atoms with E-state index in [1.165, 1.54) is 11.1 Å². The van der Waals surface area contributed by atoms with Gasteiger partial charge in [-0.3, -0.25) is 4.79 Å². The molecule has 5 nitrogen and oxygen atoms in total. The molecule has 0 amide bonds. The Morgan fingerprint density at radius 3 is 2.38 bits per heavy atom. The molecule has 1 rings (SSSR count). The van der Waals surface area contributed by atoms with E-state index in [0.717, 1.165) is 19.3 Å². The minimum Gasteiger partial charge on any atom is -0.461 e. The van der Waals surface area contributed by atoms with E-state index in [9.17, 15) is 4.79 Å². The summed E-state index contributed by atoms with van der Waals surface area (Å²) >= 11 is 0. The number of ether oxygens (including phenoxy) is 3. The lowest BCUT2D eigenvalue weighted by Gasteiger charge is -2.41. The van der Waals surface area contributed by atoms with Gasteiger partial charge in [0, 0.05) is 13.0 Å². The van der Waals surface area contributed by atoms with E-state index in [-0.39, 0.29) is 47.9 Å². The van der Waals surface area contributed by atoms with Crippen LogP contribution in [-0.2, 0) is 23.4 Å². The Hall–Kier alpha value is -1.47. The van der Waals surface area contributed by atoms with E-state index in [4.69, 9.17) is 18.6 Å². The first-order valence-corrected chi connectivity index (χ1v) is 18.1. The van der Waals surface area contributed by atoms with Gasteiger partial charge >= 0.3 is 5.97 Å². The van der Waals surface area contributed by atoms with Crippen LogP contribution in [-0.4, -0.2) is 52.4 Å². The van der Waals surface area contributed by atoms with E-state index in [1.54, 1.807) is 13.2 Å². The third-order valence-corrected chi connectivity index (χ3v) is 13.1. The molecule has 1 heterocycles. The van der Waals surface area contributed by atoms with E-state index >= 15 is 0 Å². The van der Waals surface area contributed by atoms with Gasteiger partial charge in [-0.2, -0.15) is 0 Å². The molecule has 0 aromatic carbocycles. The molecule has 230 valence electrons. The minimum absolute atomic E-state index is 0.0191. The minimum atomic E-state index is -1.86. The summed E-state index contributed by atoms with van der Waals surface area (Å²) in [7, 11) is -0.0697. The number of rotatable bonds is 15. The summed E-state index contributed by atoms with van der Waals surface area (Å²) in [6, 6.07) is 0. The summed E-state index contributed by atoms with van der Waals surface area (Å²) in [5, 5.41) is 0.172. The van der Waals surface area contributed by atoms with Crippen LogP contribution in [0.1, 0.15) is 88.0 Å². The van der Waals surface area contributed by atoms with Gasteiger partial charge in [-0.15, -0.1) is 0 Å². The smallest absolute Gasteiger partial charge is 0.308 e. The maximum absolute atomic E-state index is 12.0. The van der Waals surface area contributed by atoms with Crippen LogP contribution < -0.4 is 0 Å². The van der Waals surface area contributed by atoms with Crippen LogP contribution in [0.2, 0.25) is 18.1 Å². The predicted molar refractivity (Wildman–Crippen MR) is 171 cm³/mol. The molecule has 6 heteroatoms. The Kier molecular flexibility index (Phi) is 15.4. The fraction of sp³-hybridized carbons (Fsp3) is 0.735. The SMILES string of the molecule is C=CCOC(=O)C[C@H]1CC[C@H](C)[C@@H](/C(C)=C/C=C/[C@H](C)C/C(C)=C/[C@H](C)[C@H](OC)[C@H](C)O[Si](C)(C)C(C)(C)C)O1. The first kappa shape index (κ1) is 36.6. The van der Waals surface area contributed by atoms with Gasteiger partial charge in [-0.1, -0.05) is 84.1 Å². The van der Waals surface area contributed by atoms with Gasteiger partial charge in [0.05, 0.1) is 30.8 Å². The maximum Gasteiger partial charge on any atom is 0.308 e. The monoisotopic (exact) mass is 576 g/mol. The second kappa shape index (κ2) is 16.8. The first-order chi connectivity index (χ1) is 18.5. The zero-order valence-corrected chi connectivity index (χ0v) is 28.7. The molecule has 0 aromatic heterocycles.